The Bertz CT molecular complexity index is 537. The Kier molecular flexibility index (Phi) is 8.57. The van der Waals surface area contributed by atoms with Crippen LogP contribution < -0.4 is 5.32 Å². The van der Waals surface area contributed by atoms with Crippen LogP contribution >= 0.6 is 24.0 Å². The Balaban J connectivity index is 0.00000242. The molecular formula is C16H24IN5. The van der Waals surface area contributed by atoms with E-state index in [1.807, 2.05) is 54.1 Å². The predicted octanol–water partition coefficient (Wildman–Crippen LogP) is 2.60. The molecule has 22 heavy (non-hydrogen) atoms. The summed E-state index contributed by atoms with van der Waals surface area (Å²) < 4.78 is 1.94. The number of halogens is 1. The van der Waals surface area contributed by atoms with Gasteiger partial charge < -0.3 is 10.2 Å². The molecule has 6 heteroatoms. The molecule has 0 bridgehead atoms. The quantitative estimate of drug-likeness (QED) is 0.343. The molecular weight excluding hydrogens is 389 g/mol. The zero-order valence-electron chi connectivity index (χ0n) is 13.1. The fraction of sp³-hybridized carbons (Fsp3) is 0.375. The molecule has 1 aromatic carbocycles. The minimum absolute atomic E-state index is 0. The molecule has 5 nitrogen and oxygen atoms in total. The van der Waals surface area contributed by atoms with Crippen molar-refractivity contribution in [3.8, 4) is 0 Å². The van der Waals surface area contributed by atoms with Crippen LogP contribution in [0.2, 0.25) is 0 Å². The van der Waals surface area contributed by atoms with Gasteiger partial charge in [-0.05, 0) is 18.1 Å². The maximum atomic E-state index is 4.64. The van der Waals surface area contributed by atoms with Gasteiger partial charge in [0.15, 0.2) is 5.96 Å². The molecule has 0 radical (unpaired) electrons. The van der Waals surface area contributed by atoms with Crippen LogP contribution in [-0.2, 0) is 13.1 Å². The van der Waals surface area contributed by atoms with Gasteiger partial charge >= 0.3 is 0 Å². The highest BCUT2D eigenvalue weighted by Crippen LogP contribution is 2.00. The molecule has 0 aliphatic heterocycles. The Morgan fingerprint density at radius 1 is 1.23 bits per heavy atom. The number of guanidine groups is 1. The lowest BCUT2D eigenvalue weighted by Gasteiger charge is -2.17. The van der Waals surface area contributed by atoms with E-state index in [9.17, 15) is 0 Å². The number of aliphatic imine (C=N–C) groups is 1. The topological polar surface area (TPSA) is 45.5 Å². The molecule has 1 aromatic heterocycles. The van der Waals surface area contributed by atoms with Crippen molar-refractivity contribution in [3.05, 3.63) is 54.4 Å². The van der Waals surface area contributed by atoms with Crippen molar-refractivity contribution in [2.75, 3.05) is 20.6 Å². The van der Waals surface area contributed by atoms with Crippen LogP contribution in [0.25, 0.3) is 0 Å². The van der Waals surface area contributed by atoms with Gasteiger partial charge in [-0.3, -0.25) is 4.68 Å². The average Bonchev–Trinajstić information content (AvgIpc) is 3.00. The van der Waals surface area contributed by atoms with Crippen molar-refractivity contribution in [2.45, 2.75) is 19.5 Å². The van der Waals surface area contributed by atoms with Crippen LogP contribution in [0.15, 0.2) is 53.8 Å². The number of hydrogen-bond acceptors (Lipinski definition) is 2. The highest BCUT2D eigenvalue weighted by atomic mass is 127. The predicted molar refractivity (Wildman–Crippen MR) is 102 cm³/mol. The molecule has 2 rings (SSSR count). The molecule has 0 saturated carbocycles. The minimum Gasteiger partial charge on any atom is -0.356 e. The largest absolute Gasteiger partial charge is 0.356 e. The van der Waals surface area contributed by atoms with Gasteiger partial charge in [0.05, 0.1) is 6.54 Å². The highest BCUT2D eigenvalue weighted by Gasteiger charge is 2.01. The van der Waals surface area contributed by atoms with Crippen LogP contribution in [0.3, 0.4) is 0 Å². The van der Waals surface area contributed by atoms with Crippen LogP contribution in [0, 0.1) is 0 Å². The number of aryl methyl sites for hydroxylation is 1. The van der Waals surface area contributed by atoms with E-state index >= 15 is 0 Å². The monoisotopic (exact) mass is 413 g/mol. The third-order valence-corrected chi connectivity index (χ3v) is 3.08. The Labute approximate surface area is 149 Å². The third kappa shape index (κ3) is 6.46. The lowest BCUT2D eigenvalue weighted by Crippen LogP contribution is -2.37. The van der Waals surface area contributed by atoms with Crippen molar-refractivity contribution < 1.29 is 0 Å². The van der Waals surface area contributed by atoms with Gasteiger partial charge in [0.25, 0.3) is 0 Å². The molecule has 0 amide bonds. The van der Waals surface area contributed by atoms with Crippen LogP contribution in [-0.4, -0.2) is 41.3 Å². The number of nitrogens with one attached hydrogen (secondary N) is 1. The fourth-order valence-electron chi connectivity index (χ4n) is 1.98. The molecule has 2 aromatic rings. The normalized spacial score (nSPS) is 10.9. The standard InChI is InChI=1S/C16H23N5.HI/c1-20(2)16(18-14-15-8-4-3-5-9-15)17-10-6-12-21-13-7-11-19-21;/h3-5,7-9,11,13H,6,10,12,14H2,1-2H3,(H,17,18);1H. The van der Waals surface area contributed by atoms with E-state index in [0.29, 0.717) is 6.54 Å². The summed E-state index contributed by atoms with van der Waals surface area (Å²) in [6.07, 6.45) is 4.80. The van der Waals surface area contributed by atoms with Crippen molar-refractivity contribution in [2.24, 2.45) is 4.99 Å². The second-order valence-corrected chi connectivity index (χ2v) is 5.07. The number of rotatable bonds is 6. The molecule has 0 aliphatic carbocycles. The Morgan fingerprint density at radius 2 is 2.00 bits per heavy atom. The molecule has 1 N–H and O–H groups in total. The lowest BCUT2D eigenvalue weighted by molar-refractivity contribution is 0.542. The molecule has 0 saturated heterocycles. The molecule has 0 atom stereocenters. The molecule has 0 unspecified atom stereocenters. The first kappa shape index (κ1) is 18.5. The number of hydrogen-bond donors (Lipinski definition) is 1. The summed E-state index contributed by atoms with van der Waals surface area (Å²) in [6, 6.07) is 12.2. The Hall–Kier alpha value is -1.57. The van der Waals surface area contributed by atoms with Crippen LogP contribution in [0.1, 0.15) is 12.0 Å². The average molecular weight is 413 g/mol. The first-order chi connectivity index (χ1) is 10.3. The number of aromatic nitrogens is 2. The van der Waals surface area contributed by atoms with Gasteiger partial charge in [-0.25, -0.2) is 4.99 Å². The zero-order valence-corrected chi connectivity index (χ0v) is 15.5. The van der Waals surface area contributed by atoms with E-state index in [-0.39, 0.29) is 24.0 Å². The summed E-state index contributed by atoms with van der Waals surface area (Å²) in [4.78, 5) is 6.65. The summed E-state index contributed by atoms with van der Waals surface area (Å²) in [5.74, 6) is 0.916. The van der Waals surface area contributed by atoms with Crippen LogP contribution in [0.4, 0.5) is 0 Å². The smallest absolute Gasteiger partial charge is 0.193 e. The van der Waals surface area contributed by atoms with E-state index in [1.165, 1.54) is 5.56 Å². The third-order valence-electron chi connectivity index (χ3n) is 3.08. The van der Waals surface area contributed by atoms with E-state index in [0.717, 1.165) is 25.5 Å². The summed E-state index contributed by atoms with van der Waals surface area (Å²) in [6.45, 7) is 2.49. The first-order valence-corrected chi connectivity index (χ1v) is 7.22. The molecule has 0 spiro atoms. The summed E-state index contributed by atoms with van der Waals surface area (Å²) in [7, 11) is 4.01. The van der Waals surface area contributed by atoms with Gasteiger partial charge in [0.2, 0.25) is 0 Å². The van der Waals surface area contributed by atoms with E-state index in [4.69, 9.17) is 0 Å². The van der Waals surface area contributed by atoms with Crippen molar-refractivity contribution >= 4 is 29.9 Å². The lowest BCUT2D eigenvalue weighted by atomic mass is 10.2. The number of nitrogens with zero attached hydrogens (tertiary/aromatic N) is 4. The minimum atomic E-state index is 0. The van der Waals surface area contributed by atoms with Crippen molar-refractivity contribution in [3.63, 3.8) is 0 Å². The summed E-state index contributed by atoms with van der Waals surface area (Å²) >= 11 is 0. The van der Waals surface area contributed by atoms with Gasteiger partial charge in [-0.1, -0.05) is 30.3 Å². The van der Waals surface area contributed by atoms with Gasteiger partial charge in [0, 0.05) is 39.6 Å². The Morgan fingerprint density at radius 3 is 2.64 bits per heavy atom. The first-order valence-electron chi connectivity index (χ1n) is 7.22. The van der Waals surface area contributed by atoms with Crippen molar-refractivity contribution in [1.29, 1.82) is 0 Å². The molecule has 0 aliphatic rings. The van der Waals surface area contributed by atoms with Gasteiger partial charge in [-0.15, -0.1) is 24.0 Å². The zero-order chi connectivity index (χ0) is 14.9. The van der Waals surface area contributed by atoms with Crippen molar-refractivity contribution in [1.82, 2.24) is 20.0 Å². The van der Waals surface area contributed by atoms with Gasteiger partial charge in [0.1, 0.15) is 0 Å². The summed E-state index contributed by atoms with van der Waals surface area (Å²) in [5.41, 5.74) is 1.22. The van der Waals surface area contributed by atoms with Gasteiger partial charge in [-0.2, -0.15) is 5.10 Å². The van der Waals surface area contributed by atoms with Crippen LogP contribution in [0.5, 0.6) is 0 Å². The second kappa shape index (κ2) is 10.2. The number of benzene rings is 1. The second-order valence-electron chi connectivity index (χ2n) is 5.07. The maximum absolute atomic E-state index is 4.64. The molecule has 1 heterocycles. The highest BCUT2D eigenvalue weighted by molar-refractivity contribution is 14.0. The molecule has 120 valence electrons. The maximum Gasteiger partial charge on any atom is 0.193 e. The fourth-order valence-corrected chi connectivity index (χ4v) is 1.98. The van der Waals surface area contributed by atoms with E-state index in [1.54, 1.807) is 6.20 Å². The molecule has 0 fully saturated rings. The van der Waals surface area contributed by atoms with E-state index in [2.05, 4.69) is 27.5 Å². The SMILES string of the molecule is CN(C)C(=NCc1ccccc1)NCCCn1cccn1.I. The van der Waals surface area contributed by atoms with E-state index < -0.39 is 0 Å². The summed E-state index contributed by atoms with van der Waals surface area (Å²) in [5, 5.41) is 7.58.